The van der Waals surface area contributed by atoms with Gasteiger partial charge in [0.2, 0.25) is 0 Å². The van der Waals surface area contributed by atoms with Crippen LogP contribution in [0.2, 0.25) is 0 Å². The predicted octanol–water partition coefficient (Wildman–Crippen LogP) is 5.37. The highest BCUT2D eigenvalue weighted by molar-refractivity contribution is 5.61. The number of nitrogens with zero attached hydrogens (tertiary/aromatic N) is 2. The van der Waals surface area contributed by atoms with E-state index in [4.69, 9.17) is 9.72 Å². The zero-order valence-corrected chi connectivity index (χ0v) is 17.3. The van der Waals surface area contributed by atoms with Crippen molar-refractivity contribution < 1.29 is 13.5 Å². The van der Waals surface area contributed by atoms with Crippen molar-refractivity contribution in [1.82, 2.24) is 4.98 Å². The molecule has 0 spiro atoms. The van der Waals surface area contributed by atoms with Crippen molar-refractivity contribution in [2.75, 3.05) is 19.0 Å². The molecule has 1 aromatic heterocycles. The zero-order valence-electron chi connectivity index (χ0n) is 17.3. The maximum absolute atomic E-state index is 14.8. The molecule has 2 aliphatic carbocycles. The van der Waals surface area contributed by atoms with Crippen molar-refractivity contribution in [3.8, 4) is 6.07 Å². The van der Waals surface area contributed by atoms with Crippen LogP contribution in [0.1, 0.15) is 81.2 Å². The largest absolute Gasteiger partial charge is 0.382 e. The summed E-state index contributed by atoms with van der Waals surface area (Å²) in [7, 11) is 1.66. The average molecular weight is 392 g/mol. The molecule has 3 unspecified atom stereocenters. The SMILES string of the molecule is COC(C)CCNc1nc(C2C[C@@H](C)CCC2C)c(C#N)c2c1CCC2(F)F. The number of hydrogen-bond acceptors (Lipinski definition) is 4. The second-order valence-corrected chi connectivity index (χ2v) is 8.65. The molecule has 0 saturated heterocycles. The summed E-state index contributed by atoms with van der Waals surface area (Å²) >= 11 is 0. The lowest BCUT2D eigenvalue weighted by Crippen LogP contribution is -2.24. The monoisotopic (exact) mass is 391 g/mol. The standard InChI is InChI=1S/C22H31F2N3O/c1-13-5-6-14(2)17(11-13)20-18(12-25)19-16(7-9-22(19,23)24)21(27-20)26-10-8-15(3)28-4/h13-15,17H,5-11H2,1-4H3,(H,26,27)/t13-,14?,15?,17?/m0/s1. The van der Waals surface area contributed by atoms with Crippen LogP contribution < -0.4 is 5.32 Å². The number of alkyl halides is 2. The van der Waals surface area contributed by atoms with Gasteiger partial charge in [-0.05, 0) is 44.4 Å². The molecule has 1 fully saturated rings. The molecule has 0 radical (unpaired) electrons. The summed E-state index contributed by atoms with van der Waals surface area (Å²) in [6.07, 6.45) is 3.92. The van der Waals surface area contributed by atoms with E-state index in [-0.39, 0.29) is 36.0 Å². The summed E-state index contributed by atoms with van der Waals surface area (Å²) < 4.78 is 34.8. The lowest BCUT2D eigenvalue weighted by molar-refractivity contribution is -0.00225. The second-order valence-electron chi connectivity index (χ2n) is 8.65. The Morgan fingerprint density at radius 2 is 2.11 bits per heavy atom. The summed E-state index contributed by atoms with van der Waals surface area (Å²) in [6, 6.07) is 2.10. The second kappa shape index (κ2) is 8.32. The van der Waals surface area contributed by atoms with Gasteiger partial charge in [-0.25, -0.2) is 13.8 Å². The fourth-order valence-corrected chi connectivity index (χ4v) is 4.65. The smallest absolute Gasteiger partial charge is 0.275 e. The normalized spacial score (nSPS) is 27.1. The van der Waals surface area contributed by atoms with E-state index in [2.05, 4.69) is 25.2 Å². The molecule has 4 atom stereocenters. The number of ether oxygens (including phenoxy) is 1. The third-order valence-electron chi connectivity index (χ3n) is 6.55. The number of hydrogen-bond donors (Lipinski definition) is 1. The van der Waals surface area contributed by atoms with Crippen LogP contribution in [0.5, 0.6) is 0 Å². The summed E-state index contributed by atoms with van der Waals surface area (Å²) in [5.74, 6) is -1.52. The molecule has 6 heteroatoms. The number of halogens is 2. The van der Waals surface area contributed by atoms with Gasteiger partial charge in [-0.3, -0.25) is 0 Å². The first-order chi connectivity index (χ1) is 13.3. The molecule has 1 N–H and O–H groups in total. The molecule has 0 aliphatic heterocycles. The number of nitrogens with one attached hydrogen (secondary N) is 1. The van der Waals surface area contributed by atoms with Crippen LogP contribution in [-0.2, 0) is 17.1 Å². The maximum atomic E-state index is 14.8. The third kappa shape index (κ3) is 4.00. The molecule has 1 saturated carbocycles. The van der Waals surface area contributed by atoms with Gasteiger partial charge < -0.3 is 10.1 Å². The van der Waals surface area contributed by atoms with Crippen molar-refractivity contribution in [2.24, 2.45) is 11.8 Å². The van der Waals surface area contributed by atoms with Gasteiger partial charge in [-0.15, -0.1) is 0 Å². The molecule has 4 nitrogen and oxygen atoms in total. The van der Waals surface area contributed by atoms with Gasteiger partial charge in [0, 0.05) is 37.1 Å². The first kappa shape index (κ1) is 21.0. The highest BCUT2D eigenvalue weighted by atomic mass is 19.3. The van der Waals surface area contributed by atoms with Crippen molar-refractivity contribution in [3.05, 3.63) is 22.4 Å². The fourth-order valence-electron chi connectivity index (χ4n) is 4.65. The van der Waals surface area contributed by atoms with E-state index in [1.807, 2.05) is 6.92 Å². The third-order valence-corrected chi connectivity index (χ3v) is 6.55. The molecule has 1 heterocycles. The molecule has 3 rings (SSSR count). The molecule has 0 bridgehead atoms. The minimum atomic E-state index is -2.96. The zero-order chi connectivity index (χ0) is 20.5. The van der Waals surface area contributed by atoms with Gasteiger partial charge in [-0.2, -0.15) is 5.26 Å². The van der Waals surface area contributed by atoms with E-state index in [1.54, 1.807) is 7.11 Å². The Kier molecular flexibility index (Phi) is 6.24. The Hall–Kier alpha value is -1.74. The van der Waals surface area contributed by atoms with Crippen LogP contribution in [0.3, 0.4) is 0 Å². The predicted molar refractivity (Wildman–Crippen MR) is 106 cm³/mol. The van der Waals surface area contributed by atoms with Crippen molar-refractivity contribution >= 4 is 5.82 Å². The van der Waals surface area contributed by atoms with Gasteiger partial charge in [-0.1, -0.05) is 20.3 Å². The Balaban J connectivity index is 2.04. The number of fused-ring (bicyclic) bond motifs is 1. The molecule has 0 aromatic carbocycles. The van der Waals surface area contributed by atoms with Crippen LogP contribution in [0.25, 0.3) is 0 Å². The topological polar surface area (TPSA) is 57.9 Å². The van der Waals surface area contributed by atoms with Crippen LogP contribution >= 0.6 is 0 Å². The first-order valence-electron chi connectivity index (χ1n) is 10.4. The van der Waals surface area contributed by atoms with Crippen LogP contribution in [0.4, 0.5) is 14.6 Å². The summed E-state index contributed by atoms with van der Waals surface area (Å²) in [5.41, 5.74) is 1.14. The average Bonchev–Trinajstić information content (AvgIpc) is 2.99. The van der Waals surface area contributed by atoms with E-state index in [0.29, 0.717) is 35.5 Å². The Morgan fingerprint density at radius 3 is 2.79 bits per heavy atom. The number of nitriles is 1. The maximum Gasteiger partial charge on any atom is 0.275 e. The number of pyridine rings is 1. The molecule has 1 aromatic rings. The summed E-state index contributed by atoms with van der Waals surface area (Å²) in [4.78, 5) is 4.80. The lowest BCUT2D eigenvalue weighted by Gasteiger charge is -2.33. The molecular formula is C22H31F2N3O. The van der Waals surface area contributed by atoms with Crippen molar-refractivity contribution in [2.45, 2.75) is 77.2 Å². The minimum absolute atomic E-state index is 0.0542. The van der Waals surface area contributed by atoms with E-state index < -0.39 is 5.92 Å². The Morgan fingerprint density at radius 1 is 1.36 bits per heavy atom. The molecule has 154 valence electrons. The fraction of sp³-hybridized carbons (Fsp3) is 0.727. The number of rotatable bonds is 6. The first-order valence-corrected chi connectivity index (χ1v) is 10.4. The van der Waals surface area contributed by atoms with Gasteiger partial charge in [0.15, 0.2) is 0 Å². The molecule has 28 heavy (non-hydrogen) atoms. The lowest BCUT2D eigenvalue weighted by atomic mass is 9.72. The van der Waals surface area contributed by atoms with Gasteiger partial charge in [0.05, 0.1) is 17.4 Å². The summed E-state index contributed by atoms with van der Waals surface area (Å²) in [5, 5.41) is 13.1. The van der Waals surface area contributed by atoms with Gasteiger partial charge >= 0.3 is 0 Å². The molecule has 0 amide bonds. The summed E-state index contributed by atoms with van der Waals surface area (Å²) in [6.45, 7) is 6.92. The molecular weight excluding hydrogens is 360 g/mol. The highest BCUT2D eigenvalue weighted by Crippen LogP contribution is 2.49. The van der Waals surface area contributed by atoms with Crippen LogP contribution in [0.15, 0.2) is 0 Å². The van der Waals surface area contributed by atoms with Crippen molar-refractivity contribution in [1.29, 1.82) is 5.26 Å². The quantitative estimate of drug-likeness (QED) is 0.708. The van der Waals surface area contributed by atoms with Crippen molar-refractivity contribution in [3.63, 3.8) is 0 Å². The minimum Gasteiger partial charge on any atom is -0.382 e. The van der Waals surface area contributed by atoms with Gasteiger partial charge in [0.1, 0.15) is 11.9 Å². The number of methoxy groups -OCH3 is 1. The Bertz CT molecular complexity index is 759. The van der Waals surface area contributed by atoms with E-state index in [1.165, 1.54) is 0 Å². The van der Waals surface area contributed by atoms with E-state index >= 15 is 0 Å². The highest BCUT2D eigenvalue weighted by Gasteiger charge is 2.45. The Labute approximate surface area is 166 Å². The van der Waals surface area contributed by atoms with Crippen LogP contribution in [0, 0.1) is 23.2 Å². The van der Waals surface area contributed by atoms with Crippen LogP contribution in [-0.4, -0.2) is 24.7 Å². The van der Waals surface area contributed by atoms with E-state index in [0.717, 1.165) is 25.7 Å². The number of anilines is 1. The van der Waals surface area contributed by atoms with Gasteiger partial charge in [0.25, 0.3) is 5.92 Å². The molecule has 2 aliphatic rings. The number of aromatic nitrogens is 1. The van der Waals surface area contributed by atoms with E-state index in [9.17, 15) is 14.0 Å².